The van der Waals surface area contributed by atoms with Gasteiger partial charge in [-0.3, -0.25) is 0 Å². The molecule has 0 radical (unpaired) electrons. The fourth-order valence-electron chi connectivity index (χ4n) is 5.86. The molecule has 0 aromatic heterocycles. The van der Waals surface area contributed by atoms with Crippen molar-refractivity contribution in [3.8, 4) is 33.4 Å². The van der Waals surface area contributed by atoms with Gasteiger partial charge in [0.2, 0.25) is 0 Å². The molecule has 0 nitrogen and oxygen atoms in total. The maximum absolute atomic E-state index is 2.47. The Kier molecular flexibility index (Phi) is 8.97. The maximum atomic E-state index is 2.47. The summed E-state index contributed by atoms with van der Waals surface area (Å²) in [6, 6.07) is 54.5. The Labute approximate surface area is 258 Å². The third-order valence-electron chi connectivity index (χ3n) is 8.25. The molecule has 0 aliphatic carbocycles. The van der Waals surface area contributed by atoms with Gasteiger partial charge in [0.15, 0.2) is 0 Å². The molecule has 6 rings (SSSR count). The first kappa shape index (κ1) is 28.9. The molecule has 0 saturated heterocycles. The molecule has 6 aromatic carbocycles. The van der Waals surface area contributed by atoms with Gasteiger partial charge in [0.1, 0.15) is 0 Å². The van der Waals surface area contributed by atoms with Crippen molar-refractivity contribution >= 4 is 23.8 Å². The summed E-state index contributed by atoms with van der Waals surface area (Å²) in [6.45, 7) is 6.81. The number of rotatable bonds is 9. The predicted octanol–water partition coefficient (Wildman–Crippen LogP) is 10.1. The van der Waals surface area contributed by atoms with Crippen LogP contribution in [-0.2, 0) is 19.3 Å². The lowest BCUT2D eigenvalue weighted by molar-refractivity contribution is 1.14. The Balaban J connectivity index is 1.62. The first-order valence-corrected chi connectivity index (χ1v) is 16.9. The Morgan fingerprint density at radius 1 is 0.326 bits per heavy atom. The molecule has 0 unspecified atom stereocenters. The maximum Gasteiger partial charge on any atom is -0.0133 e. The van der Waals surface area contributed by atoms with Crippen LogP contribution >= 0.6 is 7.92 Å². The molecule has 43 heavy (non-hydrogen) atoms. The molecule has 0 N–H and O–H groups in total. The summed E-state index contributed by atoms with van der Waals surface area (Å²) in [5, 5.41) is 4.23. The lowest BCUT2D eigenvalue weighted by atomic mass is 10.0. The fourth-order valence-corrected chi connectivity index (χ4v) is 8.44. The summed E-state index contributed by atoms with van der Waals surface area (Å²) in [5.41, 5.74) is 11.9. The van der Waals surface area contributed by atoms with Gasteiger partial charge in [0, 0.05) is 0 Å². The molecule has 0 saturated carbocycles. The number of benzene rings is 6. The van der Waals surface area contributed by atoms with E-state index in [2.05, 4.69) is 166 Å². The molecular weight excluding hydrogens is 535 g/mol. The zero-order valence-corrected chi connectivity index (χ0v) is 26.3. The van der Waals surface area contributed by atoms with Crippen LogP contribution in [0.15, 0.2) is 146 Å². The minimum Gasteiger partial charge on any atom is -0.0622 e. The van der Waals surface area contributed by atoms with Gasteiger partial charge < -0.3 is 0 Å². The smallest absolute Gasteiger partial charge is 0.0133 e. The lowest BCUT2D eigenvalue weighted by Gasteiger charge is -2.24. The minimum absolute atomic E-state index is 0.831. The van der Waals surface area contributed by atoms with Gasteiger partial charge >= 0.3 is 0 Å². The average molecular weight is 575 g/mol. The molecule has 212 valence electrons. The topological polar surface area (TPSA) is 0 Å². The molecule has 0 spiro atoms. The molecule has 0 atom stereocenters. The van der Waals surface area contributed by atoms with E-state index in [1.165, 1.54) is 66.0 Å². The molecular formula is C42H39P. The molecule has 0 bridgehead atoms. The summed E-state index contributed by atoms with van der Waals surface area (Å²) in [4.78, 5) is 0. The van der Waals surface area contributed by atoms with Crippen LogP contribution in [0.1, 0.15) is 37.5 Å². The highest BCUT2D eigenvalue weighted by atomic mass is 31.1. The third kappa shape index (κ3) is 6.56. The highest BCUT2D eigenvalue weighted by molar-refractivity contribution is 7.79. The second kappa shape index (κ2) is 13.4. The second-order valence-electron chi connectivity index (χ2n) is 11.2. The summed E-state index contributed by atoms with van der Waals surface area (Å²) in [5.74, 6) is 0. The van der Waals surface area contributed by atoms with E-state index in [1.54, 1.807) is 0 Å². The van der Waals surface area contributed by atoms with E-state index in [4.69, 9.17) is 0 Å². The minimum atomic E-state index is -0.831. The second-order valence-corrected chi connectivity index (χ2v) is 13.4. The fraction of sp³-hybridized carbons (Fsp3) is 0.143. The zero-order chi connectivity index (χ0) is 29.6. The first-order chi connectivity index (χ1) is 21.1. The molecule has 0 fully saturated rings. The molecule has 0 heterocycles. The first-order valence-electron chi connectivity index (χ1n) is 15.5. The van der Waals surface area contributed by atoms with Crippen molar-refractivity contribution in [2.75, 3.05) is 0 Å². The van der Waals surface area contributed by atoms with Crippen molar-refractivity contribution in [1.82, 2.24) is 0 Å². The average Bonchev–Trinajstić information content (AvgIpc) is 3.09. The summed E-state index contributed by atoms with van der Waals surface area (Å²) >= 11 is 0. The van der Waals surface area contributed by atoms with E-state index in [9.17, 15) is 0 Å². The van der Waals surface area contributed by atoms with Crippen LogP contribution in [0.2, 0.25) is 0 Å². The van der Waals surface area contributed by atoms with Gasteiger partial charge in [-0.2, -0.15) is 0 Å². The van der Waals surface area contributed by atoms with Crippen molar-refractivity contribution in [3.05, 3.63) is 162 Å². The van der Waals surface area contributed by atoms with Crippen LogP contribution in [0.5, 0.6) is 0 Å². The van der Waals surface area contributed by atoms with Gasteiger partial charge in [-0.05, 0) is 111 Å². The Morgan fingerprint density at radius 3 is 0.860 bits per heavy atom. The van der Waals surface area contributed by atoms with E-state index >= 15 is 0 Å². The molecule has 0 aliphatic rings. The van der Waals surface area contributed by atoms with Gasteiger partial charge in [-0.25, -0.2) is 0 Å². The van der Waals surface area contributed by atoms with Crippen molar-refractivity contribution in [3.63, 3.8) is 0 Å². The van der Waals surface area contributed by atoms with Gasteiger partial charge in [0.05, 0.1) is 0 Å². The van der Waals surface area contributed by atoms with Crippen molar-refractivity contribution in [2.24, 2.45) is 0 Å². The standard InChI is InChI=1S/C42H39P/c1-4-31-22-37(34-16-10-7-11-17-34)28-40(25-31)43(41-26-32(5-2)23-38(29-41)35-18-12-8-13-19-35)42-27-33(6-3)24-39(30-42)36-20-14-9-15-21-36/h7-30H,4-6H2,1-3H3. The van der Waals surface area contributed by atoms with E-state index in [-0.39, 0.29) is 0 Å². The lowest BCUT2D eigenvalue weighted by Crippen LogP contribution is -2.23. The monoisotopic (exact) mass is 574 g/mol. The van der Waals surface area contributed by atoms with Gasteiger partial charge in [-0.15, -0.1) is 0 Å². The summed E-state index contributed by atoms with van der Waals surface area (Å²) in [7, 11) is -0.831. The Morgan fingerprint density at radius 2 is 0.605 bits per heavy atom. The Bertz CT molecular complexity index is 1590. The van der Waals surface area contributed by atoms with E-state index in [0.29, 0.717) is 0 Å². The zero-order valence-electron chi connectivity index (χ0n) is 25.4. The van der Waals surface area contributed by atoms with E-state index in [1.807, 2.05) is 0 Å². The van der Waals surface area contributed by atoms with Gasteiger partial charge in [-0.1, -0.05) is 148 Å². The van der Waals surface area contributed by atoms with Crippen LogP contribution in [-0.4, -0.2) is 0 Å². The van der Waals surface area contributed by atoms with Crippen LogP contribution < -0.4 is 15.9 Å². The quantitative estimate of drug-likeness (QED) is 0.151. The van der Waals surface area contributed by atoms with Crippen LogP contribution in [0.4, 0.5) is 0 Å². The predicted molar refractivity (Wildman–Crippen MR) is 190 cm³/mol. The largest absolute Gasteiger partial charge is 0.0622 e. The SMILES string of the molecule is CCc1cc(-c2ccccc2)cc(P(c2cc(CC)cc(-c3ccccc3)c2)c2cc(CC)cc(-c3ccccc3)c2)c1. The molecule has 1 heteroatoms. The van der Waals surface area contributed by atoms with E-state index in [0.717, 1.165) is 19.3 Å². The normalized spacial score (nSPS) is 11.2. The van der Waals surface area contributed by atoms with Crippen molar-refractivity contribution in [2.45, 2.75) is 40.0 Å². The molecule has 6 aromatic rings. The van der Waals surface area contributed by atoms with Crippen LogP contribution in [0.25, 0.3) is 33.4 Å². The number of aryl methyl sites for hydroxylation is 3. The Hall–Kier alpha value is -4.25. The number of hydrogen-bond acceptors (Lipinski definition) is 0. The van der Waals surface area contributed by atoms with E-state index < -0.39 is 7.92 Å². The summed E-state index contributed by atoms with van der Waals surface area (Å²) in [6.07, 6.45) is 3.02. The van der Waals surface area contributed by atoms with Crippen molar-refractivity contribution < 1.29 is 0 Å². The number of hydrogen-bond donors (Lipinski definition) is 0. The highest BCUT2D eigenvalue weighted by Gasteiger charge is 2.21. The van der Waals surface area contributed by atoms with Crippen LogP contribution in [0, 0.1) is 0 Å². The van der Waals surface area contributed by atoms with Crippen LogP contribution in [0.3, 0.4) is 0 Å². The summed E-state index contributed by atoms with van der Waals surface area (Å²) < 4.78 is 0. The van der Waals surface area contributed by atoms with Crippen molar-refractivity contribution in [1.29, 1.82) is 0 Å². The third-order valence-corrected chi connectivity index (χ3v) is 10.6. The van der Waals surface area contributed by atoms with Gasteiger partial charge in [0.25, 0.3) is 0 Å². The molecule has 0 amide bonds. The highest BCUT2D eigenvalue weighted by Crippen LogP contribution is 2.38. The molecule has 0 aliphatic heterocycles.